The normalized spacial score (nSPS) is 15.6. The fraction of sp³-hybridized carbons (Fsp3) is 0.818. The zero-order valence-corrected chi connectivity index (χ0v) is 10.2. The van der Waals surface area contributed by atoms with Gasteiger partial charge in [-0.25, -0.2) is 0 Å². The van der Waals surface area contributed by atoms with Gasteiger partial charge < -0.3 is 15.1 Å². The molecule has 0 aromatic heterocycles. The topological polar surface area (TPSA) is 52.7 Å². The van der Waals surface area contributed by atoms with Gasteiger partial charge in [0, 0.05) is 19.6 Å². The second-order valence-corrected chi connectivity index (χ2v) is 4.41. The number of nitrogens with zero attached hydrogens (tertiary/aromatic N) is 2. The molecular weight excluding hydrogens is 206 g/mol. The molecule has 1 saturated heterocycles. The van der Waals surface area contributed by atoms with Crippen molar-refractivity contribution < 1.29 is 9.59 Å². The third kappa shape index (κ3) is 4.18. The molecule has 0 radical (unpaired) electrons. The summed E-state index contributed by atoms with van der Waals surface area (Å²) in [4.78, 5) is 26.7. The molecule has 1 rings (SSSR count). The van der Waals surface area contributed by atoms with Gasteiger partial charge in [0.15, 0.2) is 0 Å². The first-order valence-electron chi connectivity index (χ1n) is 5.83. The Bertz CT molecular complexity index is 248. The first-order valence-corrected chi connectivity index (χ1v) is 5.83. The van der Waals surface area contributed by atoms with Crippen LogP contribution < -0.4 is 5.32 Å². The third-order valence-electron chi connectivity index (χ3n) is 2.66. The minimum absolute atomic E-state index is 0.373. The van der Waals surface area contributed by atoms with Gasteiger partial charge >= 0.3 is 11.8 Å². The fourth-order valence-corrected chi connectivity index (χ4v) is 1.74. The van der Waals surface area contributed by atoms with Crippen LogP contribution in [0.1, 0.15) is 19.3 Å². The lowest BCUT2D eigenvalue weighted by molar-refractivity contribution is -0.145. The molecule has 0 aromatic rings. The molecule has 0 atom stereocenters. The van der Waals surface area contributed by atoms with Crippen LogP contribution in [-0.4, -0.2) is 61.9 Å². The lowest BCUT2D eigenvalue weighted by atomic mass is 10.4. The van der Waals surface area contributed by atoms with E-state index in [2.05, 4.69) is 10.2 Å². The molecule has 1 heterocycles. The van der Waals surface area contributed by atoms with Crippen molar-refractivity contribution in [2.45, 2.75) is 19.3 Å². The van der Waals surface area contributed by atoms with Crippen molar-refractivity contribution in [1.29, 1.82) is 0 Å². The monoisotopic (exact) mass is 227 g/mol. The van der Waals surface area contributed by atoms with Crippen molar-refractivity contribution in [2.75, 3.05) is 40.3 Å². The average Bonchev–Trinajstić information content (AvgIpc) is 2.76. The van der Waals surface area contributed by atoms with E-state index in [1.807, 2.05) is 14.1 Å². The van der Waals surface area contributed by atoms with Gasteiger partial charge in [-0.15, -0.1) is 0 Å². The molecule has 1 fully saturated rings. The Labute approximate surface area is 96.8 Å². The van der Waals surface area contributed by atoms with Crippen LogP contribution in [0.5, 0.6) is 0 Å². The maximum absolute atomic E-state index is 11.6. The molecule has 0 spiro atoms. The lowest BCUT2D eigenvalue weighted by Crippen LogP contribution is -2.42. The SMILES string of the molecule is CN(C)CCCNC(=O)C(=O)N1CCCC1. The van der Waals surface area contributed by atoms with Crippen molar-refractivity contribution in [2.24, 2.45) is 0 Å². The molecule has 0 unspecified atom stereocenters. The number of nitrogens with one attached hydrogen (secondary N) is 1. The van der Waals surface area contributed by atoms with E-state index in [1.165, 1.54) is 0 Å². The molecule has 5 heteroatoms. The highest BCUT2D eigenvalue weighted by atomic mass is 16.2. The Morgan fingerprint density at radius 3 is 2.44 bits per heavy atom. The number of amides is 2. The quantitative estimate of drug-likeness (QED) is 0.529. The first-order chi connectivity index (χ1) is 7.61. The minimum atomic E-state index is -0.458. The van der Waals surface area contributed by atoms with Gasteiger partial charge in [-0.1, -0.05) is 0 Å². The summed E-state index contributed by atoms with van der Waals surface area (Å²) in [5, 5.41) is 2.66. The van der Waals surface area contributed by atoms with E-state index in [0.717, 1.165) is 38.9 Å². The Balaban J connectivity index is 2.16. The Kier molecular flexibility index (Phi) is 5.25. The van der Waals surface area contributed by atoms with Gasteiger partial charge in [-0.05, 0) is 39.9 Å². The summed E-state index contributed by atoms with van der Waals surface area (Å²) in [7, 11) is 3.97. The maximum atomic E-state index is 11.6. The van der Waals surface area contributed by atoms with Crippen LogP contribution in [0, 0.1) is 0 Å². The third-order valence-corrected chi connectivity index (χ3v) is 2.66. The fourth-order valence-electron chi connectivity index (χ4n) is 1.74. The van der Waals surface area contributed by atoms with Gasteiger partial charge in [0.05, 0.1) is 0 Å². The number of likely N-dealkylation sites (tertiary alicyclic amines) is 1. The summed E-state index contributed by atoms with van der Waals surface area (Å²) in [5.41, 5.74) is 0. The summed E-state index contributed by atoms with van der Waals surface area (Å²) < 4.78 is 0. The van der Waals surface area contributed by atoms with Gasteiger partial charge in [-0.2, -0.15) is 0 Å². The van der Waals surface area contributed by atoms with Gasteiger partial charge in [0.1, 0.15) is 0 Å². The molecule has 0 aromatic carbocycles. The van der Waals surface area contributed by atoms with Crippen LogP contribution in [0.4, 0.5) is 0 Å². The van der Waals surface area contributed by atoms with Crippen molar-refractivity contribution in [3.8, 4) is 0 Å². The summed E-state index contributed by atoms with van der Waals surface area (Å²) in [6.07, 6.45) is 2.89. The zero-order chi connectivity index (χ0) is 12.0. The summed E-state index contributed by atoms with van der Waals surface area (Å²) in [6.45, 7) is 2.93. The summed E-state index contributed by atoms with van der Waals surface area (Å²) in [6, 6.07) is 0. The summed E-state index contributed by atoms with van der Waals surface area (Å²) >= 11 is 0. The van der Waals surface area contributed by atoms with E-state index in [1.54, 1.807) is 4.90 Å². The van der Waals surface area contributed by atoms with E-state index in [-0.39, 0.29) is 5.91 Å². The van der Waals surface area contributed by atoms with E-state index in [9.17, 15) is 9.59 Å². The van der Waals surface area contributed by atoms with Crippen molar-refractivity contribution in [3.05, 3.63) is 0 Å². The lowest BCUT2D eigenvalue weighted by Gasteiger charge is -2.15. The molecule has 1 N–H and O–H groups in total. The molecule has 0 aliphatic carbocycles. The predicted molar refractivity (Wildman–Crippen MR) is 62.0 cm³/mol. The molecular formula is C11H21N3O2. The van der Waals surface area contributed by atoms with E-state index in [4.69, 9.17) is 0 Å². The van der Waals surface area contributed by atoms with Gasteiger partial charge in [0.25, 0.3) is 0 Å². The van der Waals surface area contributed by atoms with Crippen LogP contribution in [0.15, 0.2) is 0 Å². The molecule has 5 nitrogen and oxygen atoms in total. The second-order valence-electron chi connectivity index (χ2n) is 4.41. The highest BCUT2D eigenvalue weighted by Gasteiger charge is 2.23. The molecule has 0 bridgehead atoms. The van der Waals surface area contributed by atoms with E-state index < -0.39 is 5.91 Å². The Hall–Kier alpha value is -1.10. The number of hydrogen-bond acceptors (Lipinski definition) is 3. The molecule has 92 valence electrons. The van der Waals surface area contributed by atoms with Crippen LogP contribution >= 0.6 is 0 Å². The van der Waals surface area contributed by atoms with Gasteiger partial charge in [0.2, 0.25) is 0 Å². The highest BCUT2D eigenvalue weighted by Crippen LogP contribution is 2.06. The molecule has 2 amide bonds. The van der Waals surface area contributed by atoms with Crippen LogP contribution in [0.25, 0.3) is 0 Å². The van der Waals surface area contributed by atoms with E-state index >= 15 is 0 Å². The first kappa shape index (κ1) is 13.0. The molecule has 1 aliphatic heterocycles. The molecule has 16 heavy (non-hydrogen) atoms. The van der Waals surface area contributed by atoms with Crippen LogP contribution in [-0.2, 0) is 9.59 Å². The van der Waals surface area contributed by atoms with Gasteiger partial charge in [-0.3, -0.25) is 9.59 Å². The largest absolute Gasteiger partial charge is 0.348 e. The maximum Gasteiger partial charge on any atom is 0.311 e. The molecule has 1 aliphatic rings. The van der Waals surface area contributed by atoms with Crippen LogP contribution in [0.3, 0.4) is 0 Å². The Morgan fingerprint density at radius 2 is 1.88 bits per heavy atom. The standard InChI is InChI=1S/C11H21N3O2/c1-13(2)7-5-6-12-10(15)11(16)14-8-3-4-9-14/h3-9H2,1-2H3,(H,12,15). The van der Waals surface area contributed by atoms with Crippen molar-refractivity contribution in [1.82, 2.24) is 15.1 Å². The second kappa shape index (κ2) is 6.48. The van der Waals surface area contributed by atoms with Crippen molar-refractivity contribution in [3.63, 3.8) is 0 Å². The molecule has 0 saturated carbocycles. The smallest absolute Gasteiger partial charge is 0.311 e. The highest BCUT2D eigenvalue weighted by molar-refractivity contribution is 6.35. The minimum Gasteiger partial charge on any atom is -0.348 e. The van der Waals surface area contributed by atoms with Crippen LogP contribution in [0.2, 0.25) is 0 Å². The predicted octanol–water partition coefficient (Wildman–Crippen LogP) is -0.323. The zero-order valence-electron chi connectivity index (χ0n) is 10.2. The summed E-state index contributed by atoms with van der Waals surface area (Å²) in [5.74, 6) is -0.831. The number of hydrogen-bond donors (Lipinski definition) is 1. The van der Waals surface area contributed by atoms with E-state index in [0.29, 0.717) is 6.54 Å². The Morgan fingerprint density at radius 1 is 1.25 bits per heavy atom. The number of carbonyl (C=O) groups is 2. The number of carbonyl (C=O) groups excluding carboxylic acids is 2. The number of rotatable bonds is 4. The van der Waals surface area contributed by atoms with Crippen molar-refractivity contribution >= 4 is 11.8 Å². The average molecular weight is 227 g/mol.